The standard InChI is InChI=1S/C16H22N6O2.C15H20N6O2.2C14H18N6O2.C13H16N6O2.C10H10N6O2/c1-21(2)15-18-14(19-16(20-15)22(3)4)17-8-7-11-5-6-12-13(9-11)24-10-23-12;1-16-13-18-14(20-15(19-13)21(2)3)17-7-6-10-4-5-11-12(8-10)23-9-22-11;1-20(2)14-18-12(15)17-13(19-14)16-6-5-9-3-4-10-11(7-9)22-8-21-10;1-16-13-17-12(15)18-14(19-13)20(2)6-5-9-3-4-10-11(7-9)22-8-21-10;1-15-12-17-11(14)18-13(19-12)16-5-4-8-2-3-9-10(6-8)21-7-20-9;11-8-14-9(12)16-10(15-8)13-5-2-1-3-6-7(5)18-4-17-6/h5-6,9H,7-8,10H2,1-4H3,(H,17,18,19,20);4-5,8H,6-7,9H2,1-3H3,(H2,16,17,18,19,20);2*3-4,7H,5-6,8H2,1-2H3,(H3,15,16,17,18,19);2-3,6H,4-5,7H2,1H3,(H4,14,15,16,17,18,19);1-3H,4H2,(H5,11,12,13,14,15,16). The van der Waals surface area contributed by atoms with E-state index in [4.69, 9.17) is 85.5 Å². The van der Waals surface area contributed by atoms with Crippen LogP contribution in [-0.2, 0) is 32.1 Å². The van der Waals surface area contributed by atoms with Gasteiger partial charge in [-0.05, 0) is 133 Å². The summed E-state index contributed by atoms with van der Waals surface area (Å²) >= 11 is 0. The summed E-state index contributed by atoms with van der Waals surface area (Å²) in [6, 6.07) is 35.2. The second kappa shape index (κ2) is 43.8. The van der Waals surface area contributed by atoms with Crippen LogP contribution < -0.4 is 153 Å². The molecule has 48 nitrogen and oxygen atoms in total. The lowest BCUT2D eigenvalue weighted by Gasteiger charge is -2.17. The molecule has 6 aliphatic rings. The maximum atomic E-state index is 5.68. The van der Waals surface area contributed by atoms with Gasteiger partial charge in [-0.2, -0.15) is 89.7 Å². The second-order valence-corrected chi connectivity index (χ2v) is 29.2. The van der Waals surface area contributed by atoms with Gasteiger partial charge in [-0.3, -0.25) is 0 Å². The number of ether oxygens (including phenoxy) is 12. The van der Waals surface area contributed by atoms with Crippen molar-refractivity contribution >= 4 is 113 Å². The quantitative estimate of drug-likeness (QED) is 0.0258. The minimum atomic E-state index is 0.0507. The van der Waals surface area contributed by atoms with Gasteiger partial charge in [0.1, 0.15) is 0 Å². The first-order valence-electron chi connectivity index (χ1n) is 40.7. The third kappa shape index (κ3) is 25.8. The lowest BCUT2D eigenvalue weighted by Crippen LogP contribution is -2.23. The Kier molecular flexibility index (Phi) is 30.7. The number of hydrogen-bond donors (Lipinski definition) is 13. The van der Waals surface area contributed by atoms with Gasteiger partial charge >= 0.3 is 0 Å². The van der Waals surface area contributed by atoms with Crippen LogP contribution >= 0.6 is 0 Å². The monoisotopic (exact) mass is 1780 g/mol. The van der Waals surface area contributed by atoms with E-state index in [0.29, 0.717) is 128 Å². The average molecular weight is 1790 g/mol. The molecule has 48 heteroatoms. The molecular formula is C82H104N36O12. The summed E-state index contributed by atoms with van der Waals surface area (Å²) in [5.74, 6) is 16.5. The van der Waals surface area contributed by atoms with Crippen molar-refractivity contribution < 1.29 is 56.8 Å². The molecule has 6 aromatic carbocycles. The van der Waals surface area contributed by atoms with Crippen LogP contribution in [0.3, 0.4) is 0 Å². The third-order valence-corrected chi connectivity index (χ3v) is 18.8. The molecule has 18 N–H and O–H groups in total. The van der Waals surface area contributed by atoms with Crippen molar-refractivity contribution in [2.45, 2.75) is 32.1 Å². The summed E-state index contributed by atoms with van der Waals surface area (Å²) in [4.78, 5) is 84.0. The van der Waals surface area contributed by atoms with Crippen molar-refractivity contribution in [3.8, 4) is 69.0 Å². The van der Waals surface area contributed by atoms with Crippen molar-refractivity contribution in [1.82, 2.24) is 89.7 Å². The van der Waals surface area contributed by atoms with Gasteiger partial charge in [-0.15, -0.1) is 0 Å². The highest BCUT2D eigenvalue weighted by molar-refractivity contribution is 5.69. The minimum Gasteiger partial charge on any atom is -0.454 e. The van der Waals surface area contributed by atoms with Crippen LogP contribution in [0.15, 0.2) is 109 Å². The van der Waals surface area contributed by atoms with Crippen molar-refractivity contribution in [3.63, 3.8) is 0 Å². The molecule has 684 valence electrons. The van der Waals surface area contributed by atoms with Crippen molar-refractivity contribution in [2.75, 3.05) is 254 Å². The molecule has 0 bridgehead atoms. The highest BCUT2D eigenvalue weighted by atomic mass is 16.7. The fourth-order valence-electron chi connectivity index (χ4n) is 12.3. The van der Waals surface area contributed by atoms with E-state index in [1.807, 2.05) is 192 Å². The van der Waals surface area contributed by atoms with Gasteiger partial charge < -0.3 is 153 Å². The number of nitrogens with two attached hydrogens (primary N) is 5. The largest absolute Gasteiger partial charge is 0.454 e. The maximum Gasteiger partial charge on any atom is 0.233 e. The summed E-state index contributed by atoms with van der Waals surface area (Å²) < 4.78 is 64.0. The average Bonchev–Trinajstić information content (AvgIpc) is 1.63. The van der Waals surface area contributed by atoms with Gasteiger partial charge in [-0.1, -0.05) is 36.4 Å². The van der Waals surface area contributed by atoms with Gasteiger partial charge in [0, 0.05) is 117 Å². The predicted octanol–water partition coefficient (Wildman–Crippen LogP) is 5.94. The van der Waals surface area contributed by atoms with E-state index in [1.54, 1.807) is 26.0 Å². The van der Waals surface area contributed by atoms with Crippen LogP contribution in [0, 0.1) is 0 Å². The van der Waals surface area contributed by atoms with E-state index in [0.717, 1.165) is 118 Å². The summed E-state index contributed by atoms with van der Waals surface area (Å²) in [6.07, 6.45) is 4.09. The molecule has 0 saturated heterocycles. The molecule has 6 aromatic heterocycles. The maximum absolute atomic E-state index is 5.68. The van der Waals surface area contributed by atoms with Crippen LogP contribution in [-0.4, -0.2) is 248 Å². The van der Waals surface area contributed by atoms with Crippen LogP contribution in [0.1, 0.15) is 27.8 Å². The van der Waals surface area contributed by atoms with Gasteiger partial charge in [-0.25, -0.2) is 0 Å². The Bertz CT molecular complexity index is 5770. The van der Waals surface area contributed by atoms with Gasteiger partial charge in [0.05, 0.1) is 5.69 Å². The number of nitrogen functional groups attached to an aromatic ring is 5. The van der Waals surface area contributed by atoms with E-state index in [9.17, 15) is 0 Å². The Labute approximate surface area is 747 Å². The molecule has 18 rings (SSSR count). The van der Waals surface area contributed by atoms with Crippen LogP contribution in [0.25, 0.3) is 0 Å². The first kappa shape index (κ1) is 91.1. The zero-order chi connectivity index (χ0) is 91.6. The fourth-order valence-corrected chi connectivity index (χ4v) is 12.3. The summed E-state index contributed by atoms with van der Waals surface area (Å²) in [7, 11) is 22.3. The Hall–Kier alpha value is -16.6. The summed E-state index contributed by atoms with van der Waals surface area (Å²) in [6.45, 7) is 5.15. The number of nitrogens with one attached hydrogen (secondary N) is 8. The fraction of sp³-hybridized carbons (Fsp3) is 0.341. The molecule has 6 aliphatic heterocycles. The van der Waals surface area contributed by atoms with E-state index >= 15 is 0 Å². The van der Waals surface area contributed by atoms with Crippen molar-refractivity contribution in [1.29, 1.82) is 0 Å². The molecule has 0 amide bonds. The van der Waals surface area contributed by atoms with Gasteiger partial charge in [0.2, 0.25) is 148 Å². The lowest BCUT2D eigenvalue weighted by atomic mass is 10.1. The number of para-hydroxylation sites is 1. The topological polar surface area (TPSA) is 585 Å². The first-order valence-corrected chi connectivity index (χ1v) is 40.7. The zero-order valence-electron chi connectivity index (χ0n) is 73.8. The minimum absolute atomic E-state index is 0.0507. The highest BCUT2D eigenvalue weighted by Gasteiger charge is 2.23. The summed E-state index contributed by atoms with van der Waals surface area (Å²) in [5, 5.41) is 24.4. The lowest BCUT2D eigenvalue weighted by molar-refractivity contribution is 0.173. The Morgan fingerprint density at radius 1 is 0.262 bits per heavy atom. The molecule has 130 heavy (non-hydrogen) atoms. The smallest absolute Gasteiger partial charge is 0.233 e. The Balaban J connectivity index is 0.000000133. The third-order valence-electron chi connectivity index (χ3n) is 18.8. The van der Waals surface area contributed by atoms with E-state index in [1.165, 1.54) is 5.56 Å². The number of rotatable bonds is 29. The molecule has 0 saturated carbocycles. The second-order valence-electron chi connectivity index (χ2n) is 29.2. The van der Waals surface area contributed by atoms with Gasteiger partial charge in [0.25, 0.3) is 0 Å². The molecule has 0 spiro atoms. The molecule has 0 atom stereocenters. The molecule has 0 fully saturated rings. The number of hydrogen-bond acceptors (Lipinski definition) is 48. The van der Waals surface area contributed by atoms with Crippen molar-refractivity contribution in [2.24, 2.45) is 0 Å². The van der Waals surface area contributed by atoms with Crippen LogP contribution in [0.5, 0.6) is 69.0 Å². The number of anilines is 19. The van der Waals surface area contributed by atoms with E-state index in [-0.39, 0.29) is 62.9 Å². The predicted molar refractivity (Wildman–Crippen MR) is 491 cm³/mol. The molecule has 12 heterocycles. The Morgan fingerprint density at radius 2 is 0.538 bits per heavy atom. The normalized spacial score (nSPS) is 12.2. The van der Waals surface area contributed by atoms with Crippen LogP contribution in [0.4, 0.5) is 113 Å². The number of fused-ring (bicyclic) bond motifs is 6. The van der Waals surface area contributed by atoms with Crippen molar-refractivity contribution in [3.05, 3.63) is 137 Å². The number of nitrogens with zero attached hydrogens (tertiary/aromatic N) is 23. The van der Waals surface area contributed by atoms with Crippen LogP contribution in [0.2, 0.25) is 0 Å². The number of benzene rings is 6. The van der Waals surface area contributed by atoms with E-state index < -0.39 is 0 Å². The zero-order valence-corrected chi connectivity index (χ0v) is 73.8. The highest BCUT2D eigenvalue weighted by Crippen LogP contribution is 2.41. The molecule has 0 radical (unpaired) electrons. The molecular weight excluding hydrogens is 1680 g/mol. The molecule has 0 unspecified atom stereocenters. The molecule has 12 aromatic rings. The molecule has 0 aliphatic carbocycles. The van der Waals surface area contributed by atoms with E-state index in [2.05, 4.69) is 132 Å². The first-order chi connectivity index (χ1) is 62.9. The van der Waals surface area contributed by atoms with Gasteiger partial charge in [0.15, 0.2) is 69.0 Å². The number of aromatic nitrogens is 18. The number of likely N-dealkylation sites (N-methyl/N-ethyl adjacent to an activating group) is 1. The SMILES string of the molecule is CN(C)c1nc(N)nc(NCCc2ccc3c(c2)OCO3)n1.CN(C)c1nc(NCCc2ccc3c(c2)OCO3)nc(N(C)C)n1.CNc1nc(N)nc(N(C)CCc2ccc3c(c2)OCO3)n1.CNc1nc(N)nc(NCCc2ccc3c(c2)OCO3)n1.CNc1nc(NCCc2ccc3c(c2)OCO3)nc(N(C)C)n1.Nc1nc(N)nc(Nc2cccc3c2OCO3)n1. The Morgan fingerprint density at radius 3 is 0.938 bits per heavy atom. The summed E-state index contributed by atoms with van der Waals surface area (Å²) in [5.41, 5.74) is 34.4.